The molecule has 0 bridgehead atoms. The molecule has 1 saturated carbocycles. The fourth-order valence-electron chi connectivity index (χ4n) is 3.89. The topological polar surface area (TPSA) is 56.7 Å². The fourth-order valence-corrected chi connectivity index (χ4v) is 4.68. The Morgan fingerprint density at radius 3 is 2.57 bits per heavy atom. The van der Waals surface area contributed by atoms with E-state index in [4.69, 9.17) is 0 Å². The van der Waals surface area contributed by atoms with Crippen molar-refractivity contribution in [2.24, 2.45) is 4.99 Å². The van der Waals surface area contributed by atoms with Gasteiger partial charge in [0.1, 0.15) is 0 Å². The van der Waals surface area contributed by atoms with Crippen LogP contribution in [0.4, 0.5) is 0 Å². The predicted molar refractivity (Wildman–Crippen MR) is 129 cm³/mol. The van der Waals surface area contributed by atoms with Gasteiger partial charge in [-0.3, -0.25) is 9.79 Å². The lowest BCUT2D eigenvalue weighted by Crippen LogP contribution is -2.42. The zero-order valence-electron chi connectivity index (χ0n) is 16.9. The molecule has 0 radical (unpaired) electrons. The molecule has 2 aliphatic rings. The minimum absolute atomic E-state index is 0. The number of amides is 1. The Bertz CT molecular complexity index is 645. The Morgan fingerprint density at radius 1 is 1.25 bits per heavy atom. The SMILES string of the molecule is CCNC(=NCCCC(=O)N1Cc2ccccc2C1)NC1CCC(SC)C1.I. The molecule has 0 saturated heterocycles. The maximum Gasteiger partial charge on any atom is 0.223 e. The van der Waals surface area contributed by atoms with E-state index in [1.165, 1.54) is 30.4 Å². The molecule has 156 valence electrons. The van der Waals surface area contributed by atoms with Gasteiger partial charge in [0.05, 0.1) is 0 Å². The van der Waals surface area contributed by atoms with E-state index in [1.54, 1.807) is 0 Å². The number of carbonyl (C=O) groups is 1. The van der Waals surface area contributed by atoms with Crippen LogP contribution in [0.1, 0.15) is 50.2 Å². The van der Waals surface area contributed by atoms with Crippen LogP contribution >= 0.6 is 35.7 Å². The summed E-state index contributed by atoms with van der Waals surface area (Å²) in [6.07, 6.45) is 7.26. The number of nitrogens with one attached hydrogen (secondary N) is 2. The second-order valence-corrected chi connectivity index (χ2v) is 8.53. The van der Waals surface area contributed by atoms with Crippen molar-refractivity contribution in [1.29, 1.82) is 0 Å². The van der Waals surface area contributed by atoms with Crippen LogP contribution in [0.25, 0.3) is 0 Å². The van der Waals surface area contributed by atoms with Gasteiger partial charge in [-0.1, -0.05) is 24.3 Å². The van der Waals surface area contributed by atoms with Gasteiger partial charge in [-0.2, -0.15) is 11.8 Å². The van der Waals surface area contributed by atoms with Gasteiger partial charge < -0.3 is 15.5 Å². The Hall–Kier alpha value is -0.960. The van der Waals surface area contributed by atoms with Crippen molar-refractivity contribution in [3.63, 3.8) is 0 Å². The molecule has 1 amide bonds. The van der Waals surface area contributed by atoms with Crippen molar-refractivity contribution < 1.29 is 4.79 Å². The van der Waals surface area contributed by atoms with Crippen LogP contribution in [0.2, 0.25) is 0 Å². The van der Waals surface area contributed by atoms with Gasteiger partial charge in [-0.25, -0.2) is 0 Å². The fraction of sp³-hybridized carbons (Fsp3) is 0.619. The molecule has 1 aromatic carbocycles. The summed E-state index contributed by atoms with van der Waals surface area (Å²) in [6.45, 7) is 5.13. The maximum atomic E-state index is 12.5. The van der Waals surface area contributed by atoms with Crippen molar-refractivity contribution >= 4 is 47.6 Å². The van der Waals surface area contributed by atoms with Crippen molar-refractivity contribution in [3.05, 3.63) is 35.4 Å². The van der Waals surface area contributed by atoms with Crippen LogP contribution in [-0.4, -0.2) is 47.4 Å². The third-order valence-corrected chi connectivity index (χ3v) is 6.51. The monoisotopic (exact) mass is 516 g/mol. The molecule has 1 aliphatic heterocycles. The standard InChI is InChI=1S/C21H32N4OS.HI/c1-3-22-21(24-18-10-11-19(13-18)27-2)23-12-6-9-20(26)25-14-16-7-4-5-8-17(16)15-25;/h4-5,7-8,18-19H,3,6,9-15H2,1-2H3,(H2,22,23,24);1H. The number of guanidine groups is 1. The predicted octanol–water partition coefficient (Wildman–Crippen LogP) is 3.77. The molecule has 3 rings (SSSR count). The van der Waals surface area contributed by atoms with E-state index in [0.717, 1.165) is 37.3 Å². The smallest absolute Gasteiger partial charge is 0.223 e. The summed E-state index contributed by atoms with van der Waals surface area (Å²) >= 11 is 1.97. The molecule has 1 heterocycles. The lowest BCUT2D eigenvalue weighted by atomic mass is 10.1. The lowest BCUT2D eigenvalue weighted by Gasteiger charge is -2.17. The van der Waals surface area contributed by atoms with Gasteiger partial charge in [0.2, 0.25) is 5.91 Å². The molecule has 28 heavy (non-hydrogen) atoms. The number of thioether (sulfide) groups is 1. The lowest BCUT2D eigenvalue weighted by molar-refractivity contribution is -0.131. The average molecular weight is 516 g/mol. The molecule has 5 nitrogen and oxygen atoms in total. The summed E-state index contributed by atoms with van der Waals surface area (Å²) in [5, 5.41) is 7.67. The van der Waals surface area contributed by atoms with Gasteiger partial charge in [0.15, 0.2) is 5.96 Å². The number of hydrogen-bond acceptors (Lipinski definition) is 3. The van der Waals surface area contributed by atoms with Crippen LogP contribution in [0.3, 0.4) is 0 Å². The van der Waals surface area contributed by atoms with E-state index in [1.807, 2.05) is 28.8 Å². The summed E-state index contributed by atoms with van der Waals surface area (Å²) in [4.78, 5) is 19.1. The van der Waals surface area contributed by atoms with E-state index in [-0.39, 0.29) is 29.9 Å². The quantitative estimate of drug-likeness (QED) is 0.251. The van der Waals surface area contributed by atoms with Crippen molar-refractivity contribution in [2.45, 2.75) is 63.4 Å². The Morgan fingerprint density at radius 2 is 1.96 bits per heavy atom. The second kappa shape index (κ2) is 11.9. The molecule has 1 aliphatic carbocycles. The van der Waals surface area contributed by atoms with Crippen LogP contribution < -0.4 is 10.6 Å². The highest BCUT2D eigenvalue weighted by molar-refractivity contribution is 14.0. The summed E-state index contributed by atoms with van der Waals surface area (Å²) in [6, 6.07) is 8.84. The molecule has 1 aromatic rings. The highest BCUT2D eigenvalue weighted by atomic mass is 127. The minimum atomic E-state index is 0. The van der Waals surface area contributed by atoms with E-state index >= 15 is 0 Å². The highest BCUT2D eigenvalue weighted by Gasteiger charge is 2.24. The normalized spacial score (nSPS) is 21.2. The molecule has 2 atom stereocenters. The molecular weight excluding hydrogens is 483 g/mol. The van der Waals surface area contributed by atoms with Gasteiger partial charge in [-0.05, 0) is 50.0 Å². The number of rotatable bonds is 7. The highest BCUT2D eigenvalue weighted by Crippen LogP contribution is 2.28. The third kappa shape index (κ3) is 6.54. The Labute approximate surface area is 190 Å². The second-order valence-electron chi connectivity index (χ2n) is 7.39. The number of fused-ring (bicyclic) bond motifs is 1. The first-order valence-electron chi connectivity index (χ1n) is 10.1. The number of aliphatic imine (C=N–C) groups is 1. The Balaban J connectivity index is 0.00000280. The largest absolute Gasteiger partial charge is 0.357 e. The van der Waals surface area contributed by atoms with Gasteiger partial charge in [0.25, 0.3) is 0 Å². The van der Waals surface area contributed by atoms with E-state index in [0.29, 0.717) is 19.0 Å². The van der Waals surface area contributed by atoms with Crippen LogP contribution in [0.5, 0.6) is 0 Å². The minimum Gasteiger partial charge on any atom is -0.357 e. The van der Waals surface area contributed by atoms with E-state index in [2.05, 4.69) is 40.9 Å². The summed E-state index contributed by atoms with van der Waals surface area (Å²) in [7, 11) is 0. The van der Waals surface area contributed by atoms with Crippen LogP contribution in [-0.2, 0) is 17.9 Å². The number of benzene rings is 1. The summed E-state index contributed by atoms with van der Waals surface area (Å²) < 4.78 is 0. The zero-order chi connectivity index (χ0) is 19.1. The van der Waals surface area contributed by atoms with E-state index < -0.39 is 0 Å². The maximum absolute atomic E-state index is 12.5. The number of hydrogen-bond donors (Lipinski definition) is 2. The first kappa shape index (κ1) is 23.3. The summed E-state index contributed by atoms with van der Waals surface area (Å²) in [5.41, 5.74) is 2.56. The third-order valence-electron chi connectivity index (χ3n) is 5.42. The molecular formula is C21H33IN4OS. The zero-order valence-corrected chi connectivity index (χ0v) is 20.1. The molecule has 0 aromatic heterocycles. The van der Waals surface area contributed by atoms with E-state index in [9.17, 15) is 4.79 Å². The molecule has 2 unspecified atom stereocenters. The molecule has 2 N–H and O–H groups in total. The number of carbonyl (C=O) groups excluding carboxylic acids is 1. The number of nitrogens with zero attached hydrogens (tertiary/aromatic N) is 2. The van der Waals surface area contributed by atoms with Gasteiger partial charge in [0, 0.05) is 43.9 Å². The van der Waals surface area contributed by atoms with Crippen molar-refractivity contribution in [1.82, 2.24) is 15.5 Å². The van der Waals surface area contributed by atoms with Crippen LogP contribution in [0.15, 0.2) is 29.3 Å². The van der Waals surface area contributed by atoms with Crippen molar-refractivity contribution in [3.8, 4) is 0 Å². The molecule has 7 heteroatoms. The summed E-state index contributed by atoms with van der Waals surface area (Å²) in [5.74, 6) is 1.13. The van der Waals surface area contributed by atoms with Gasteiger partial charge >= 0.3 is 0 Å². The molecule has 0 spiro atoms. The first-order chi connectivity index (χ1) is 13.2. The van der Waals surface area contributed by atoms with Crippen LogP contribution in [0, 0.1) is 0 Å². The Kier molecular flexibility index (Phi) is 9.91. The molecule has 1 fully saturated rings. The van der Waals surface area contributed by atoms with Crippen molar-refractivity contribution in [2.75, 3.05) is 19.3 Å². The first-order valence-corrected chi connectivity index (χ1v) is 11.4. The number of halogens is 1. The van der Waals surface area contributed by atoms with Gasteiger partial charge in [-0.15, -0.1) is 24.0 Å². The average Bonchev–Trinajstić information content (AvgIpc) is 3.31.